The predicted molar refractivity (Wildman–Crippen MR) is 360 cm³/mol. The molecule has 6 aromatic rings. The number of hydrogen-bond acceptors (Lipinski definition) is 6. The van der Waals surface area contributed by atoms with Crippen LogP contribution >= 0.6 is 0 Å². The molecular weight excluding hydrogens is 1120 g/mol. The molecule has 0 saturated carbocycles. The minimum Gasteiger partial charge on any atom is -0.433 e. The van der Waals surface area contributed by atoms with Gasteiger partial charge in [-0.1, -0.05) is 235 Å². The maximum absolute atomic E-state index is 8.11. The largest absolute Gasteiger partial charge is 0.433 e. The van der Waals surface area contributed by atoms with Gasteiger partial charge in [-0.2, -0.15) is 0 Å². The Labute approximate surface area is 484 Å². The molecule has 1 saturated heterocycles. The standard InChI is InChI=1S/C62H96O6Si10/c1-17-62(2,70(5,6)7)49-51-72(10,11)65-77(57-40-28-20-29-41-57,58-42-30-21-31-43-58)66-73(12,13)52-53-74(14,15)67-78(59-44-32-22-33-45-59,60-46-34-23-35-47-60)68-75(16)54-61(75)48-50-71(8,9)64-76(63-69(3)4,55-36-24-18-25-37-55)56-38-26-19-27-39-56/h18-47,61,69H,17,48-54H2,1-16H3. The van der Waals surface area contributed by atoms with Crippen LogP contribution in [0.25, 0.3) is 0 Å². The first-order valence-electron chi connectivity index (χ1n) is 29.1. The molecule has 1 fully saturated rings. The van der Waals surface area contributed by atoms with Gasteiger partial charge in [-0.3, -0.25) is 0 Å². The lowest BCUT2D eigenvalue weighted by molar-refractivity contribution is 0.398. The Bertz CT molecular complexity index is 2670. The number of rotatable bonds is 29. The lowest BCUT2D eigenvalue weighted by Gasteiger charge is -2.46. The van der Waals surface area contributed by atoms with Crippen LogP contribution in [-0.2, 0) is 24.7 Å². The van der Waals surface area contributed by atoms with Gasteiger partial charge in [0.05, 0.1) is 8.07 Å². The van der Waals surface area contributed by atoms with Gasteiger partial charge in [-0.05, 0) is 144 Å². The summed E-state index contributed by atoms with van der Waals surface area (Å²) in [5.41, 5.74) is 0.512. The van der Waals surface area contributed by atoms with Crippen molar-refractivity contribution in [3.8, 4) is 0 Å². The molecule has 3 atom stereocenters. The van der Waals surface area contributed by atoms with E-state index in [0.717, 1.165) is 36.6 Å². The lowest BCUT2D eigenvalue weighted by Crippen LogP contribution is -2.70. The van der Waals surface area contributed by atoms with Crippen LogP contribution in [0, 0.1) is 0 Å². The van der Waals surface area contributed by atoms with Gasteiger partial charge in [-0.15, -0.1) is 0 Å². The summed E-state index contributed by atoms with van der Waals surface area (Å²) in [7, 11) is -24.4. The molecule has 6 nitrogen and oxygen atoms in total. The van der Waals surface area contributed by atoms with Gasteiger partial charge in [0, 0.05) is 0 Å². The zero-order valence-electron chi connectivity index (χ0n) is 50.6. The van der Waals surface area contributed by atoms with E-state index in [1.54, 1.807) is 0 Å². The minimum absolute atomic E-state index is 0.343. The van der Waals surface area contributed by atoms with Crippen molar-refractivity contribution >= 4 is 116 Å². The van der Waals surface area contributed by atoms with Crippen LogP contribution in [0.5, 0.6) is 0 Å². The summed E-state index contributed by atoms with van der Waals surface area (Å²) in [6.45, 7) is 39.2. The van der Waals surface area contributed by atoms with E-state index >= 15 is 0 Å². The summed E-state index contributed by atoms with van der Waals surface area (Å²) < 4.78 is 47.2. The molecule has 1 aliphatic rings. The van der Waals surface area contributed by atoms with Crippen LogP contribution in [0.3, 0.4) is 0 Å². The molecule has 0 amide bonds. The van der Waals surface area contributed by atoms with Gasteiger partial charge in [-0.25, -0.2) is 0 Å². The maximum atomic E-state index is 8.11. The Morgan fingerprint density at radius 2 is 0.731 bits per heavy atom. The first kappa shape index (κ1) is 62.8. The third-order valence-electron chi connectivity index (χ3n) is 17.0. The van der Waals surface area contributed by atoms with Gasteiger partial charge >= 0.3 is 25.7 Å². The zero-order chi connectivity index (χ0) is 56.7. The first-order chi connectivity index (χ1) is 36.6. The molecule has 0 spiro atoms. The van der Waals surface area contributed by atoms with Crippen LogP contribution in [0.2, 0.25) is 132 Å². The first-order valence-corrected chi connectivity index (χ1v) is 56.0. The van der Waals surface area contributed by atoms with E-state index in [1.807, 2.05) is 0 Å². The van der Waals surface area contributed by atoms with E-state index in [1.165, 1.54) is 44.0 Å². The highest BCUT2D eigenvalue weighted by atomic mass is 28.5. The average Bonchev–Trinajstić information content (AvgIpc) is 4.19. The fraction of sp³-hybridized carbons (Fsp3) is 0.419. The van der Waals surface area contributed by atoms with Crippen LogP contribution in [0.4, 0.5) is 0 Å². The quantitative estimate of drug-likeness (QED) is 0.0436. The Morgan fingerprint density at radius 1 is 0.436 bits per heavy atom. The minimum atomic E-state index is -3.28. The van der Waals surface area contributed by atoms with Crippen molar-refractivity contribution in [3.05, 3.63) is 182 Å². The Hall–Kier alpha value is -2.75. The van der Waals surface area contributed by atoms with Crippen LogP contribution in [0.1, 0.15) is 33.1 Å². The van der Waals surface area contributed by atoms with Crippen molar-refractivity contribution in [1.29, 1.82) is 0 Å². The van der Waals surface area contributed by atoms with Crippen molar-refractivity contribution < 1.29 is 24.7 Å². The summed E-state index contributed by atoms with van der Waals surface area (Å²) in [6, 6.07) is 71.1. The van der Waals surface area contributed by atoms with E-state index in [9.17, 15) is 0 Å². The van der Waals surface area contributed by atoms with Gasteiger partial charge in [0.15, 0.2) is 50.6 Å². The van der Waals surface area contributed by atoms with Crippen molar-refractivity contribution in [1.82, 2.24) is 0 Å². The molecule has 3 unspecified atom stereocenters. The maximum Gasteiger partial charge on any atom is 0.386 e. The summed E-state index contributed by atoms with van der Waals surface area (Å²) in [6.07, 6.45) is 3.49. The monoisotopic (exact) mass is 1220 g/mol. The van der Waals surface area contributed by atoms with Gasteiger partial charge < -0.3 is 24.7 Å². The molecule has 7 rings (SSSR count). The molecule has 420 valence electrons. The molecule has 1 aliphatic heterocycles. The SMILES string of the molecule is CCC(C)(CC[Si](C)(C)O[Si](O[Si](C)(C)CC[Si](C)(C)O[Si](O[Si]1(C)CC1CC[Si](C)(C)O[Si](O[SiH](C)C)(c1ccccc1)c1ccccc1)(c1ccccc1)c1ccccc1)(c1ccccc1)c1ccccc1)[Si](C)(C)C. The molecule has 6 aromatic carbocycles. The fourth-order valence-corrected chi connectivity index (χ4v) is 56.2. The highest BCUT2D eigenvalue weighted by Gasteiger charge is 2.62. The van der Waals surface area contributed by atoms with Crippen LogP contribution < -0.4 is 31.1 Å². The van der Waals surface area contributed by atoms with Gasteiger partial charge in [0.1, 0.15) is 0 Å². The molecular formula is C62H96O6Si10. The molecule has 16 heteroatoms. The summed E-state index contributed by atoms with van der Waals surface area (Å²) >= 11 is 0. The Kier molecular flexibility index (Phi) is 20.5. The third-order valence-corrected chi connectivity index (χ3v) is 56.8. The zero-order valence-corrected chi connectivity index (χ0v) is 60.7. The summed E-state index contributed by atoms with van der Waals surface area (Å²) in [5.74, 6) is 0. The van der Waals surface area contributed by atoms with Gasteiger partial charge in [0.25, 0.3) is 0 Å². The van der Waals surface area contributed by atoms with Gasteiger partial charge in [0.2, 0.25) is 0 Å². The second kappa shape index (κ2) is 25.4. The smallest absolute Gasteiger partial charge is 0.386 e. The molecule has 0 N–H and O–H groups in total. The van der Waals surface area contributed by atoms with Crippen molar-refractivity contribution in [3.63, 3.8) is 0 Å². The van der Waals surface area contributed by atoms with Crippen molar-refractivity contribution in [2.75, 3.05) is 0 Å². The molecule has 0 radical (unpaired) electrons. The molecule has 78 heavy (non-hydrogen) atoms. The topological polar surface area (TPSA) is 55.4 Å². The van der Waals surface area contributed by atoms with E-state index in [2.05, 4.69) is 287 Å². The Balaban J connectivity index is 1.17. The molecule has 0 aliphatic carbocycles. The lowest BCUT2D eigenvalue weighted by atomic mass is 10.1. The van der Waals surface area contributed by atoms with Crippen molar-refractivity contribution in [2.24, 2.45) is 0 Å². The molecule has 0 bridgehead atoms. The van der Waals surface area contributed by atoms with E-state index < -0.39 is 84.4 Å². The fourth-order valence-electron chi connectivity index (χ4n) is 11.4. The van der Waals surface area contributed by atoms with Crippen LogP contribution in [0.15, 0.2) is 182 Å². The van der Waals surface area contributed by atoms with E-state index in [-0.39, 0.29) is 0 Å². The normalized spacial score (nSPS) is 17.7. The predicted octanol–water partition coefficient (Wildman–Crippen LogP) is 13.9. The highest BCUT2D eigenvalue weighted by Crippen LogP contribution is 2.55. The van der Waals surface area contributed by atoms with E-state index in [0.29, 0.717) is 10.6 Å². The molecule has 0 aromatic heterocycles. The number of benzene rings is 6. The third kappa shape index (κ3) is 15.5. The average molecular weight is 1220 g/mol. The van der Waals surface area contributed by atoms with Crippen LogP contribution in [-0.4, -0.2) is 84.4 Å². The molecule has 1 heterocycles. The summed E-state index contributed by atoms with van der Waals surface area (Å²) in [5, 5.41) is 7.55. The Morgan fingerprint density at radius 3 is 1.06 bits per heavy atom. The summed E-state index contributed by atoms with van der Waals surface area (Å²) in [4.78, 5) is 0. The highest BCUT2D eigenvalue weighted by molar-refractivity contribution is 7.06. The van der Waals surface area contributed by atoms with E-state index in [4.69, 9.17) is 24.7 Å². The van der Waals surface area contributed by atoms with Crippen molar-refractivity contribution in [2.45, 2.75) is 166 Å². The second-order valence-electron chi connectivity index (χ2n) is 26.7. The second-order valence-corrected chi connectivity index (χ2v) is 66.6. The number of hydrogen-bond donors (Lipinski definition) is 0.